The third kappa shape index (κ3) is 3.22. The number of rotatable bonds is 3. The van der Waals surface area contributed by atoms with Crippen LogP contribution in [0.3, 0.4) is 0 Å². The molecule has 0 aliphatic rings. The van der Waals surface area contributed by atoms with Gasteiger partial charge in [0.15, 0.2) is 0 Å². The first kappa shape index (κ1) is 18.1. The lowest BCUT2D eigenvalue weighted by Gasteiger charge is -2.16. The largest absolute Gasteiger partial charge is 0.416 e. The Hall–Kier alpha value is -3.28. The van der Waals surface area contributed by atoms with Crippen LogP contribution in [0.15, 0.2) is 73.1 Å². The van der Waals surface area contributed by atoms with Gasteiger partial charge in [-0.2, -0.15) is 13.2 Å². The van der Waals surface area contributed by atoms with Gasteiger partial charge in [-0.15, -0.1) is 0 Å². The minimum atomic E-state index is -4.45. The molecule has 3 nitrogen and oxygen atoms in total. The molecule has 28 heavy (non-hydrogen) atoms. The number of imidazole rings is 1. The summed E-state index contributed by atoms with van der Waals surface area (Å²) in [6, 6.07) is 19.3. The van der Waals surface area contributed by atoms with Crippen LogP contribution in [0.1, 0.15) is 5.56 Å². The van der Waals surface area contributed by atoms with Crippen molar-refractivity contribution in [3.8, 4) is 16.8 Å². The summed E-state index contributed by atoms with van der Waals surface area (Å²) in [6.45, 7) is 0. The highest BCUT2D eigenvalue weighted by Crippen LogP contribution is 2.38. The van der Waals surface area contributed by atoms with Crippen LogP contribution < -0.4 is 4.90 Å². The molecule has 0 N–H and O–H groups in total. The smallest absolute Gasteiger partial charge is 0.378 e. The maximum Gasteiger partial charge on any atom is 0.416 e. The van der Waals surface area contributed by atoms with E-state index in [2.05, 4.69) is 4.98 Å². The number of fused-ring (bicyclic) bond motifs is 1. The topological polar surface area (TPSA) is 21.1 Å². The summed E-state index contributed by atoms with van der Waals surface area (Å²) in [7, 11) is 3.80. The van der Waals surface area contributed by atoms with Gasteiger partial charge in [0.05, 0.1) is 16.6 Å². The number of hydrogen-bond acceptors (Lipinski definition) is 2. The molecule has 0 bridgehead atoms. The zero-order valence-electron chi connectivity index (χ0n) is 15.4. The Morgan fingerprint density at radius 1 is 0.893 bits per heavy atom. The zero-order valence-corrected chi connectivity index (χ0v) is 15.4. The van der Waals surface area contributed by atoms with Gasteiger partial charge in [-0.05, 0) is 42.0 Å². The van der Waals surface area contributed by atoms with Crippen molar-refractivity contribution < 1.29 is 13.2 Å². The molecule has 1 heterocycles. The summed E-state index contributed by atoms with van der Waals surface area (Å²) in [6.07, 6.45) is -2.88. The third-order valence-electron chi connectivity index (χ3n) is 4.68. The molecule has 0 spiro atoms. The Kier molecular flexibility index (Phi) is 4.34. The third-order valence-corrected chi connectivity index (χ3v) is 4.68. The lowest BCUT2D eigenvalue weighted by Crippen LogP contribution is -2.08. The fraction of sp³-hybridized carbons (Fsp3) is 0.136. The molecular weight excluding hydrogens is 363 g/mol. The van der Waals surface area contributed by atoms with Gasteiger partial charge >= 0.3 is 6.18 Å². The second kappa shape index (κ2) is 6.71. The van der Waals surface area contributed by atoms with E-state index in [9.17, 15) is 13.2 Å². The standard InChI is InChI=1S/C22H18F3N3/c1-27(2)18-10-6-7-15(11-18)19-12-16(22(23,24)25)13-20-21(19)28(14-26-20)17-8-4-3-5-9-17/h3-14H,1-2H3. The number of para-hydroxylation sites is 1. The molecule has 0 aliphatic heterocycles. The van der Waals surface area contributed by atoms with E-state index in [4.69, 9.17) is 0 Å². The van der Waals surface area contributed by atoms with E-state index in [1.54, 1.807) is 6.33 Å². The lowest BCUT2D eigenvalue weighted by molar-refractivity contribution is -0.137. The van der Waals surface area contributed by atoms with Gasteiger partial charge in [-0.3, -0.25) is 4.57 Å². The number of nitrogens with zero attached hydrogens (tertiary/aromatic N) is 3. The minimum absolute atomic E-state index is 0.309. The van der Waals surface area contributed by atoms with Gasteiger partial charge in [0, 0.05) is 31.0 Å². The second-order valence-electron chi connectivity index (χ2n) is 6.78. The van der Waals surface area contributed by atoms with E-state index in [1.807, 2.05) is 78.2 Å². The fourth-order valence-electron chi connectivity index (χ4n) is 3.27. The monoisotopic (exact) mass is 381 g/mol. The Balaban J connectivity index is 2.04. The molecule has 4 rings (SSSR count). The van der Waals surface area contributed by atoms with Gasteiger partial charge in [-0.1, -0.05) is 30.3 Å². The second-order valence-corrected chi connectivity index (χ2v) is 6.78. The van der Waals surface area contributed by atoms with Crippen molar-refractivity contribution in [1.29, 1.82) is 0 Å². The molecule has 0 aliphatic carbocycles. The van der Waals surface area contributed by atoms with Crippen molar-refractivity contribution >= 4 is 16.7 Å². The molecular formula is C22H18F3N3. The molecule has 4 aromatic rings. The number of anilines is 1. The number of aromatic nitrogens is 2. The number of benzene rings is 3. The van der Waals surface area contributed by atoms with Crippen molar-refractivity contribution in [3.63, 3.8) is 0 Å². The molecule has 0 fully saturated rings. The average Bonchev–Trinajstić information content (AvgIpc) is 3.11. The Labute approximate surface area is 160 Å². The van der Waals surface area contributed by atoms with E-state index < -0.39 is 11.7 Å². The predicted octanol–water partition coefficient (Wildman–Crippen LogP) is 5.78. The maximum absolute atomic E-state index is 13.5. The maximum atomic E-state index is 13.5. The first-order chi connectivity index (χ1) is 13.3. The highest BCUT2D eigenvalue weighted by Gasteiger charge is 2.32. The van der Waals surface area contributed by atoms with Gasteiger partial charge in [0.1, 0.15) is 6.33 Å². The van der Waals surface area contributed by atoms with Gasteiger partial charge < -0.3 is 4.90 Å². The highest BCUT2D eigenvalue weighted by atomic mass is 19.4. The summed E-state index contributed by atoms with van der Waals surface area (Å²) in [5, 5.41) is 0. The normalized spacial score (nSPS) is 11.8. The van der Waals surface area contributed by atoms with Crippen molar-refractivity contribution in [2.75, 3.05) is 19.0 Å². The quantitative estimate of drug-likeness (QED) is 0.449. The van der Waals surface area contributed by atoms with Gasteiger partial charge in [-0.25, -0.2) is 4.98 Å². The van der Waals surface area contributed by atoms with Gasteiger partial charge in [0.2, 0.25) is 0 Å². The Morgan fingerprint density at radius 3 is 2.32 bits per heavy atom. The van der Waals surface area contributed by atoms with Crippen LogP contribution >= 0.6 is 0 Å². The van der Waals surface area contributed by atoms with E-state index in [0.717, 1.165) is 17.4 Å². The molecule has 0 saturated carbocycles. The summed E-state index contributed by atoms with van der Waals surface area (Å²) < 4.78 is 42.3. The summed E-state index contributed by atoms with van der Waals surface area (Å²) in [4.78, 5) is 6.18. The van der Waals surface area contributed by atoms with Crippen LogP contribution in [-0.2, 0) is 6.18 Å². The number of alkyl halides is 3. The van der Waals surface area contributed by atoms with Crippen LogP contribution in [0.2, 0.25) is 0 Å². The first-order valence-corrected chi connectivity index (χ1v) is 8.76. The molecule has 6 heteroatoms. The summed E-state index contributed by atoms with van der Waals surface area (Å²) in [5.41, 5.74) is 3.21. The van der Waals surface area contributed by atoms with E-state index in [-0.39, 0.29) is 0 Å². The van der Waals surface area contributed by atoms with Crippen molar-refractivity contribution in [3.05, 3.63) is 78.6 Å². The highest BCUT2D eigenvalue weighted by molar-refractivity contribution is 5.94. The van der Waals surface area contributed by atoms with Crippen LogP contribution in [0.4, 0.5) is 18.9 Å². The first-order valence-electron chi connectivity index (χ1n) is 8.76. The van der Waals surface area contributed by atoms with E-state index >= 15 is 0 Å². The molecule has 0 radical (unpaired) electrons. The molecule has 1 aromatic heterocycles. The van der Waals surface area contributed by atoms with Crippen molar-refractivity contribution in [2.24, 2.45) is 0 Å². The lowest BCUT2D eigenvalue weighted by atomic mass is 10.00. The van der Waals surface area contributed by atoms with Crippen LogP contribution in [0.5, 0.6) is 0 Å². The Bertz CT molecular complexity index is 1130. The molecule has 0 unspecified atom stereocenters. The van der Waals surface area contributed by atoms with Crippen LogP contribution in [0.25, 0.3) is 27.8 Å². The molecule has 0 saturated heterocycles. The van der Waals surface area contributed by atoms with Gasteiger partial charge in [0.25, 0.3) is 0 Å². The molecule has 0 atom stereocenters. The molecule has 142 valence electrons. The number of halogens is 3. The van der Waals surface area contributed by atoms with Crippen molar-refractivity contribution in [1.82, 2.24) is 9.55 Å². The predicted molar refractivity (Wildman–Crippen MR) is 106 cm³/mol. The summed E-state index contributed by atoms with van der Waals surface area (Å²) >= 11 is 0. The SMILES string of the molecule is CN(C)c1cccc(-c2cc(C(F)(F)F)cc3ncn(-c4ccccc4)c23)c1. The Morgan fingerprint density at radius 2 is 1.64 bits per heavy atom. The van der Waals surface area contributed by atoms with Crippen molar-refractivity contribution in [2.45, 2.75) is 6.18 Å². The summed E-state index contributed by atoms with van der Waals surface area (Å²) in [5.74, 6) is 0. The fourth-order valence-corrected chi connectivity index (χ4v) is 3.27. The molecule has 3 aromatic carbocycles. The minimum Gasteiger partial charge on any atom is -0.378 e. The van der Waals surface area contributed by atoms with E-state index in [1.165, 1.54) is 6.07 Å². The average molecular weight is 381 g/mol. The van der Waals surface area contributed by atoms with Crippen LogP contribution in [0, 0.1) is 0 Å². The zero-order chi connectivity index (χ0) is 19.9. The van der Waals surface area contributed by atoms with Crippen LogP contribution in [-0.4, -0.2) is 23.6 Å². The molecule has 0 amide bonds. The number of hydrogen-bond donors (Lipinski definition) is 0. The van der Waals surface area contributed by atoms with E-state index in [0.29, 0.717) is 22.2 Å².